The van der Waals surface area contributed by atoms with Gasteiger partial charge in [-0.1, -0.05) is 12.1 Å². The van der Waals surface area contributed by atoms with Gasteiger partial charge in [0.05, 0.1) is 12.8 Å². The van der Waals surface area contributed by atoms with Crippen molar-refractivity contribution in [3.05, 3.63) is 58.9 Å². The van der Waals surface area contributed by atoms with Crippen molar-refractivity contribution in [3.63, 3.8) is 0 Å². The number of aromatic nitrogens is 1. The van der Waals surface area contributed by atoms with E-state index in [0.29, 0.717) is 0 Å². The summed E-state index contributed by atoms with van der Waals surface area (Å²) in [6, 6.07) is 10.4. The lowest BCUT2D eigenvalue weighted by molar-refractivity contribution is 0.407. The van der Waals surface area contributed by atoms with Gasteiger partial charge in [-0.25, -0.2) is 0 Å². The topological polar surface area (TPSA) is 34.1 Å². The maximum atomic E-state index is 5.39. The molecule has 3 nitrogen and oxygen atoms in total. The molecule has 0 aliphatic heterocycles. The zero-order valence-electron chi connectivity index (χ0n) is 11.7. The van der Waals surface area contributed by atoms with E-state index in [1.54, 1.807) is 7.11 Å². The molecule has 1 aromatic heterocycles. The monoisotopic (exact) mass is 256 g/mol. The lowest BCUT2D eigenvalue weighted by atomic mass is 10.1. The fourth-order valence-corrected chi connectivity index (χ4v) is 2.02. The van der Waals surface area contributed by atoms with Gasteiger partial charge in [0.2, 0.25) is 0 Å². The highest BCUT2D eigenvalue weighted by molar-refractivity contribution is 5.37. The summed E-state index contributed by atoms with van der Waals surface area (Å²) < 4.78 is 5.39. The number of methoxy groups -OCH3 is 1. The van der Waals surface area contributed by atoms with Crippen LogP contribution in [0.15, 0.2) is 36.5 Å². The number of nitrogens with zero attached hydrogens (tertiary/aromatic N) is 1. The van der Waals surface area contributed by atoms with Crippen molar-refractivity contribution in [2.75, 3.05) is 7.11 Å². The molecule has 0 unspecified atom stereocenters. The van der Waals surface area contributed by atoms with Crippen molar-refractivity contribution in [3.8, 4) is 5.75 Å². The van der Waals surface area contributed by atoms with Crippen LogP contribution in [0.25, 0.3) is 0 Å². The minimum atomic E-state index is 0.763. The molecule has 0 fully saturated rings. The molecule has 100 valence electrons. The second kappa shape index (κ2) is 6.34. The Labute approximate surface area is 114 Å². The number of ether oxygens (including phenoxy) is 1. The van der Waals surface area contributed by atoms with Crippen molar-refractivity contribution in [2.45, 2.75) is 26.9 Å². The highest BCUT2D eigenvalue weighted by Crippen LogP contribution is 2.19. The van der Waals surface area contributed by atoms with Gasteiger partial charge in [-0.15, -0.1) is 0 Å². The number of rotatable bonds is 5. The summed E-state index contributed by atoms with van der Waals surface area (Å²) >= 11 is 0. The molecule has 0 atom stereocenters. The molecule has 1 aromatic carbocycles. The molecule has 0 bridgehead atoms. The Morgan fingerprint density at radius 1 is 1.05 bits per heavy atom. The molecule has 0 saturated carbocycles. The molecule has 3 heteroatoms. The molecule has 0 radical (unpaired) electrons. The summed E-state index contributed by atoms with van der Waals surface area (Å²) in [6.45, 7) is 5.68. The smallest absolute Gasteiger partial charge is 0.123 e. The van der Waals surface area contributed by atoms with E-state index in [2.05, 4.69) is 48.4 Å². The third-order valence-electron chi connectivity index (χ3n) is 3.04. The van der Waals surface area contributed by atoms with Gasteiger partial charge in [0.1, 0.15) is 5.75 Å². The molecule has 0 aliphatic rings. The van der Waals surface area contributed by atoms with E-state index in [4.69, 9.17) is 4.74 Å². The Kier molecular flexibility index (Phi) is 4.53. The molecule has 1 N–H and O–H groups in total. The van der Waals surface area contributed by atoms with E-state index in [9.17, 15) is 0 Å². The summed E-state index contributed by atoms with van der Waals surface area (Å²) in [4.78, 5) is 4.33. The Balaban J connectivity index is 1.96. The highest BCUT2D eigenvalue weighted by Gasteiger charge is 2.03. The zero-order chi connectivity index (χ0) is 13.7. The normalized spacial score (nSPS) is 10.5. The first-order valence-electron chi connectivity index (χ1n) is 6.45. The van der Waals surface area contributed by atoms with Crippen LogP contribution in [0.1, 0.15) is 22.4 Å². The van der Waals surface area contributed by atoms with Crippen LogP contribution in [-0.2, 0) is 13.1 Å². The molecule has 0 spiro atoms. The third kappa shape index (κ3) is 3.80. The molecule has 2 aromatic rings. The zero-order valence-corrected chi connectivity index (χ0v) is 11.7. The lowest BCUT2D eigenvalue weighted by Gasteiger charge is -2.10. The first kappa shape index (κ1) is 13.6. The average molecular weight is 256 g/mol. The Hall–Kier alpha value is -1.87. The molecular formula is C16H20N2O. The Morgan fingerprint density at radius 2 is 1.84 bits per heavy atom. The van der Waals surface area contributed by atoms with Gasteiger partial charge in [-0.05, 0) is 43.2 Å². The molecule has 0 saturated heterocycles. The molecule has 19 heavy (non-hydrogen) atoms. The summed E-state index contributed by atoms with van der Waals surface area (Å²) in [7, 11) is 1.71. The SMILES string of the molecule is COc1cc(C)ccc1CNCc1cc(C)ccn1. The van der Waals surface area contributed by atoms with Crippen molar-refractivity contribution in [2.24, 2.45) is 0 Å². The first-order valence-corrected chi connectivity index (χ1v) is 6.45. The predicted molar refractivity (Wildman–Crippen MR) is 77.2 cm³/mol. The molecule has 2 rings (SSSR count). The van der Waals surface area contributed by atoms with Crippen LogP contribution in [0.3, 0.4) is 0 Å². The van der Waals surface area contributed by atoms with E-state index in [0.717, 1.165) is 24.5 Å². The maximum absolute atomic E-state index is 5.39. The van der Waals surface area contributed by atoms with E-state index in [-0.39, 0.29) is 0 Å². The molecule has 0 aliphatic carbocycles. The van der Waals surface area contributed by atoms with Crippen LogP contribution in [0, 0.1) is 13.8 Å². The summed E-state index contributed by atoms with van der Waals surface area (Å²) in [5.74, 6) is 0.935. The fraction of sp³-hybridized carbons (Fsp3) is 0.312. The van der Waals surface area contributed by atoms with Crippen LogP contribution < -0.4 is 10.1 Å². The van der Waals surface area contributed by atoms with Crippen LogP contribution in [-0.4, -0.2) is 12.1 Å². The van der Waals surface area contributed by atoms with Crippen LogP contribution >= 0.6 is 0 Å². The van der Waals surface area contributed by atoms with E-state index in [1.807, 2.05) is 12.3 Å². The van der Waals surface area contributed by atoms with Crippen molar-refractivity contribution in [1.82, 2.24) is 10.3 Å². The predicted octanol–water partition coefficient (Wildman–Crippen LogP) is 3.00. The number of pyridine rings is 1. The van der Waals surface area contributed by atoms with Gasteiger partial charge in [-0.3, -0.25) is 4.98 Å². The number of hydrogen-bond donors (Lipinski definition) is 1. The maximum Gasteiger partial charge on any atom is 0.123 e. The lowest BCUT2D eigenvalue weighted by Crippen LogP contribution is -2.14. The quantitative estimate of drug-likeness (QED) is 0.893. The Morgan fingerprint density at radius 3 is 2.58 bits per heavy atom. The van der Waals surface area contributed by atoms with Crippen LogP contribution in [0.2, 0.25) is 0 Å². The average Bonchev–Trinajstić information content (AvgIpc) is 2.40. The summed E-state index contributed by atoms with van der Waals surface area (Å²) in [5.41, 5.74) is 4.67. The van der Waals surface area contributed by atoms with E-state index < -0.39 is 0 Å². The standard InChI is InChI=1S/C16H20N2O/c1-12-4-5-14(16(9-12)19-3)10-17-11-15-8-13(2)6-7-18-15/h4-9,17H,10-11H2,1-3H3. The van der Waals surface area contributed by atoms with Gasteiger partial charge in [0.15, 0.2) is 0 Å². The van der Waals surface area contributed by atoms with Crippen molar-refractivity contribution < 1.29 is 4.74 Å². The van der Waals surface area contributed by atoms with E-state index >= 15 is 0 Å². The summed E-state index contributed by atoms with van der Waals surface area (Å²) in [5, 5.41) is 3.40. The second-order valence-corrected chi connectivity index (χ2v) is 4.74. The summed E-state index contributed by atoms with van der Waals surface area (Å²) in [6.07, 6.45) is 1.85. The molecular weight excluding hydrogens is 236 g/mol. The first-order chi connectivity index (χ1) is 9.19. The number of aryl methyl sites for hydroxylation is 2. The second-order valence-electron chi connectivity index (χ2n) is 4.74. The largest absolute Gasteiger partial charge is 0.496 e. The molecule has 0 amide bonds. The number of benzene rings is 1. The minimum Gasteiger partial charge on any atom is -0.496 e. The highest BCUT2D eigenvalue weighted by atomic mass is 16.5. The third-order valence-corrected chi connectivity index (χ3v) is 3.04. The number of hydrogen-bond acceptors (Lipinski definition) is 3. The van der Waals surface area contributed by atoms with Gasteiger partial charge in [-0.2, -0.15) is 0 Å². The Bertz CT molecular complexity index is 552. The minimum absolute atomic E-state index is 0.763. The number of nitrogens with one attached hydrogen (secondary N) is 1. The van der Waals surface area contributed by atoms with Crippen LogP contribution in [0.4, 0.5) is 0 Å². The van der Waals surface area contributed by atoms with Gasteiger partial charge >= 0.3 is 0 Å². The van der Waals surface area contributed by atoms with Crippen molar-refractivity contribution in [1.29, 1.82) is 0 Å². The van der Waals surface area contributed by atoms with Crippen molar-refractivity contribution >= 4 is 0 Å². The van der Waals surface area contributed by atoms with Gasteiger partial charge in [0, 0.05) is 24.8 Å². The van der Waals surface area contributed by atoms with E-state index in [1.165, 1.54) is 16.7 Å². The van der Waals surface area contributed by atoms with Gasteiger partial charge < -0.3 is 10.1 Å². The van der Waals surface area contributed by atoms with Crippen LogP contribution in [0.5, 0.6) is 5.75 Å². The van der Waals surface area contributed by atoms with Gasteiger partial charge in [0.25, 0.3) is 0 Å². The molecule has 1 heterocycles. The fourth-order valence-electron chi connectivity index (χ4n) is 2.02.